The monoisotopic (exact) mass is 493 g/mol. The van der Waals surface area contributed by atoms with Crippen molar-refractivity contribution < 1.29 is 23.6 Å². The molecule has 2 aromatic rings. The van der Waals surface area contributed by atoms with Crippen LogP contribution in [0.5, 0.6) is 0 Å². The molecule has 10 nitrogen and oxygen atoms in total. The third-order valence-corrected chi connectivity index (χ3v) is 5.06. The first-order chi connectivity index (χ1) is 15.8. The molecule has 3 N–H and O–H groups in total. The molecule has 1 aromatic carbocycles. The highest BCUT2D eigenvalue weighted by atomic mass is 35.5. The molecule has 174 valence electrons. The summed E-state index contributed by atoms with van der Waals surface area (Å²) in [6, 6.07) is 7.52. The number of carbonyl (C=O) groups excluding carboxylic acids is 4. The van der Waals surface area contributed by atoms with Crippen molar-refractivity contribution in [1.82, 2.24) is 15.6 Å². The van der Waals surface area contributed by atoms with Crippen molar-refractivity contribution in [3.63, 3.8) is 0 Å². The van der Waals surface area contributed by atoms with Gasteiger partial charge in [0, 0.05) is 28.8 Å². The maximum atomic E-state index is 12.0. The van der Waals surface area contributed by atoms with Gasteiger partial charge in [-0.15, -0.1) is 0 Å². The molecule has 0 spiro atoms. The molecule has 0 atom stereocenters. The summed E-state index contributed by atoms with van der Waals surface area (Å²) in [5, 5.41) is 9.15. The van der Waals surface area contributed by atoms with Crippen LogP contribution in [-0.4, -0.2) is 47.8 Å². The van der Waals surface area contributed by atoms with E-state index in [0.29, 0.717) is 28.9 Å². The Morgan fingerprint density at radius 1 is 0.970 bits per heavy atom. The fraction of sp³-hybridized carbons (Fsp3) is 0.286. The summed E-state index contributed by atoms with van der Waals surface area (Å²) >= 11 is 11.7. The average Bonchev–Trinajstić information content (AvgIpc) is 3.24. The number of likely N-dealkylation sites (tertiary alicyclic amines) is 1. The minimum atomic E-state index is -0.900. The number of anilines is 1. The van der Waals surface area contributed by atoms with Crippen molar-refractivity contribution in [3.8, 4) is 0 Å². The van der Waals surface area contributed by atoms with Gasteiger partial charge in [-0.05, 0) is 49.6 Å². The number of carbonyl (C=O) groups is 4. The van der Waals surface area contributed by atoms with Crippen molar-refractivity contribution in [1.29, 1.82) is 0 Å². The normalized spacial score (nSPS) is 13.6. The topological polar surface area (TPSA) is 133 Å². The maximum Gasteiger partial charge on any atom is 0.329 e. The average molecular weight is 494 g/mol. The molecule has 12 heteroatoms. The van der Waals surface area contributed by atoms with Gasteiger partial charge in [-0.25, -0.2) is 5.43 Å². The van der Waals surface area contributed by atoms with Gasteiger partial charge in [-0.2, -0.15) is 5.10 Å². The number of nitrogens with one attached hydrogen (secondary N) is 3. The predicted octanol–water partition coefficient (Wildman–Crippen LogP) is 2.30. The summed E-state index contributed by atoms with van der Waals surface area (Å²) in [5.74, 6) is -2.60. The summed E-state index contributed by atoms with van der Waals surface area (Å²) in [6.07, 6.45) is 4.03. The number of hydrogen-bond acceptors (Lipinski definition) is 6. The Kier molecular flexibility index (Phi) is 8.45. The van der Waals surface area contributed by atoms with Crippen LogP contribution in [0.1, 0.15) is 30.8 Å². The Morgan fingerprint density at radius 2 is 1.67 bits per heavy atom. The number of rotatable bonds is 5. The third kappa shape index (κ3) is 7.33. The smallest absolute Gasteiger partial charge is 0.329 e. The largest absolute Gasteiger partial charge is 0.458 e. The Hall–Kier alpha value is -3.37. The molecule has 1 aliphatic rings. The molecular weight excluding hydrogens is 473 g/mol. The minimum absolute atomic E-state index is 0.0593. The van der Waals surface area contributed by atoms with Crippen LogP contribution < -0.4 is 16.1 Å². The lowest BCUT2D eigenvalue weighted by Gasteiger charge is -2.25. The molecule has 0 saturated carbocycles. The highest BCUT2D eigenvalue weighted by molar-refractivity contribution is 6.40. The second-order valence-electron chi connectivity index (χ2n) is 7.15. The van der Waals surface area contributed by atoms with Gasteiger partial charge in [0.05, 0.1) is 12.8 Å². The summed E-state index contributed by atoms with van der Waals surface area (Å²) in [5.41, 5.74) is 2.45. The molecule has 33 heavy (non-hydrogen) atoms. The van der Waals surface area contributed by atoms with Crippen LogP contribution in [0, 0.1) is 0 Å². The molecule has 1 saturated heterocycles. The molecule has 0 unspecified atom stereocenters. The van der Waals surface area contributed by atoms with E-state index >= 15 is 0 Å². The van der Waals surface area contributed by atoms with Gasteiger partial charge in [-0.1, -0.05) is 23.2 Å². The molecule has 0 aliphatic carbocycles. The second-order valence-corrected chi connectivity index (χ2v) is 8.02. The van der Waals surface area contributed by atoms with Gasteiger partial charge >= 0.3 is 23.6 Å². The van der Waals surface area contributed by atoms with Crippen LogP contribution in [-0.2, 0) is 25.7 Å². The summed E-state index contributed by atoms with van der Waals surface area (Å²) < 4.78 is 5.44. The molecule has 1 fully saturated rings. The first kappa shape index (κ1) is 24.3. The number of furan rings is 1. The molecule has 0 bridgehead atoms. The van der Waals surface area contributed by atoms with Gasteiger partial charge in [0.25, 0.3) is 0 Å². The van der Waals surface area contributed by atoms with Crippen LogP contribution in [0.15, 0.2) is 39.9 Å². The standard InChI is InChI=1S/C21H21Cl2N5O5/c22-13-8-14(23)10-15(9-13)26-19(30)18(29)24-11-16-4-5-17(33-16)12-25-27-20(31)21(32)28-6-2-1-3-7-28/h4-5,8-10,12H,1-3,6-7,11H2,(H,24,29)(H,26,30)(H,27,31)/b25-12+. The lowest BCUT2D eigenvalue weighted by Crippen LogP contribution is -2.43. The summed E-state index contributed by atoms with van der Waals surface area (Å²) in [7, 11) is 0. The number of hydrogen-bond donors (Lipinski definition) is 3. The van der Waals surface area contributed by atoms with Crippen LogP contribution in [0.3, 0.4) is 0 Å². The van der Waals surface area contributed by atoms with Gasteiger partial charge in [-0.3, -0.25) is 19.2 Å². The number of benzene rings is 1. The van der Waals surface area contributed by atoms with Crippen molar-refractivity contribution in [2.24, 2.45) is 5.10 Å². The summed E-state index contributed by atoms with van der Waals surface area (Å²) in [6.45, 7) is 1.07. The van der Waals surface area contributed by atoms with Gasteiger partial charge in [0.1, 0.15) is 11.5 Å². The van der Waals surface area contributed by atoms with E-state index in [-0.39, 0.29) is 18.0 Å². The Morgan fingerprint density at radius 3 is 2.36 bits per heavy atom. The third-order valence-electron chi connectivity index (χ3n) is 4.63. The first-order valence-electron chi connectivity index (χ1n) is 10.1. The number of halogens is 2. The SMILES string of the molecule is O=C(NCc1ccc(/C=N/NC(=O)C(=O)N2CCCCC2)o1)C(=O)Nc1cc(Cl)cc(Cl)c1. The highest BCUT2D eigenvalue weighted by Gasteiger charge is 2.22. The van der Waals surface area contributed by atoms with E-state index in [0.717, 1.165) is 19.3 Å². The molecule has 0 radical (unpaired) electrons. The Balaban J connectivity index is 1.44. The lowest BCUT2D eigenvalue weighted by molar-refractivity contribution is -0.146. The number of amides is 4. The van der Waals surface area contributed by atoms with Gasteiger partial charge in [0.15, 0.2) is 0 Å². The van der Waals surface area contributed by atoms with Gasteiger partial charge in [0.2, 0.25) is 0 Å². The van der Waals surface area contributed by atoms with Crippen LogP contribution in [0.4, 0.5) is 5.69 Å². The minimum Gasteiger partial charge on any atom is -0.458 e. The van der Waals surface area contributed by atoms with Crippen LogP contribution in [0.25, 0.3) is 0 Å². The van der Waals surface area contributed by atoms with E-state index in [1.165, 1.54) is 29.3 Å². The fourth-order valence-corrected chi connectivity index (χ4v) is 3.59. The quantitative estimate of drug-likeness (QED) is 0.333. The predicted molar refractivity (Wildman–Crippen MR) is 122 cm³/mol. The van der Waals surface area contributed by atoms with E-state index in [1.54, 1.807) is 12.1 Å². The Labute approximate surface area is 199 Å². The van der Waals surface area contributed by atoms with Crippen molar-refractivity contribution in [3.05, 3.63) is 51.9 Å². The maximum absolute atomic E-state index is 12.0. The van der Waals surface area contributed by atoms with Crippen molar-refractivity contribution in [2.75, 3.05) is 18.4 Å². The molecule has 1 aliphatic heterocycles. The molecule has 3 rings (SSSR count). The zero-order chi connectivity index (χ0) is 23.8. The molecular formula is C21H21Cl2N5O5. The molecule has 1 aromatic heterocycles. The van der Waals surface area contributed by atoms with Crippen molar-refractivity contribution >= 4 is 58.7 Å². The van der Waals surface area contributed by atoms with Crippen LogP contribution >= 0.6 is 23.2 Å². The number of hydrazone groups is 1. The van der Waals surface area contributed by atoms with E-state index in [1.807, 2.05) is 0 Å². The first-order valence-corrected chi connectivity index (χ1v) is 10.8. The van der Waals surface area contributed by atoms with E-state index < -0.39 is 23.6 Å². The second kappa shape index (κ2) is 11.5. The summed E-state index contributed by atoms with van der Waals surface area (Å²) in [4.78, 5) is 49.4. The number of piperidine rings is 1. The fourth-order valence-electron chi connectivity index (χ4n) is 3.06. The number of nitrogens with zero attached hydrogens (tertiary/aromatic N) is 2. The van der Waals surface area contributed by atoms with Crippen molar-refractivity contribution in [2.45, 2.75) is 25.8 Å². The Bertz CT molecular complexity index is 1060. The lowest BCUT2D eigenvalue weighted by atomic mass is 10.1. The van der Waals surface area contributed by atoms with E-state index in [9.17, 15) is 19.2 Å². The molecule has 4 amide bonds. The zero-order valence-electron chi connectivity index (χ0n) is 17.4. The van der Waals surface area contributed by atoms with E-state index in [2.05, 4.69) is 21.2 Å². The highest BCUT2D eigenvalue weighted by Crippen LogP contribution is 2.22. The zero-order valence-corrected chi connectivity index (χ0v) is 18.9. The van der Waals surface area contributed by atoms with Gasteiger partial charge < -0.3 is 20.0 Å². The van der Waals surface area contributed by atoms with E-state index in [4.69, 9.17) is 27.6 Å². The van der Waals surface area contributed by atoms with Crippen LogP contribution in [0.2, 0.25) is 10.0 Å². The molecule has 2 heterocycles.